The van der Waals surface area contributed by atoms with Gasteiger partial charge in [-0.25, -0.2) is 0 Å². The summed E-state index contributed by atoms with van der Waals surface area (Å²) in [4.78, 5) is 13.7. The van der Waals surface area contributed by atoms with Gasteiger partial charge >= 0.3 is 5.97 Å². The lowest BCUT2D eigenvalue weighted by atomic mass is 9.96. The molecule has 2 rings (SSSR count). The molecule has 3 heteroatoms. The maximum absolute atomic E-state index is 12.7. The fraction of sp³-hybridized carbons (Fsp3) is 0.381. The molecule has 0 bridgehead atoms. The third-order valence-corrected chi connectivity index (χ3v) is 5.20. The molecule has 1 unspecified atom stereocenters. The van der Waals surface area contributed by atoms with E-state index in [9.17, 15) is 4.79 Å². The van der Waals surface area contributed by atoms with Crippen molar-refractivity contribution in [2.45, 2.75) is 43.8 Å². The molecular formula is C21H26O2S. The van der Waals surface area contributed by atoms with Gasteiger partial charge in [0.2, 0.25) is 0 Å². The summed E-state index contributed by atoms with van der Waals surface area (Å²) in [5, 5.41) is 0. The van der Waals surface area contributed by atoms with Crippen LogP contribution in [0, 0.1) is 5.92 Å². The second-order valence-electron chi connectivity index (χ2n) is 6.46. The van der Waals surface area contributed by atoms with Crippen molar-refractivity contribution in [2.75, 3.05) is 6.61 Å². The van der Waals surface area contributed by atoms with Gasteiger partial charge in [0.05, 0.1) is 6.61 Å². The van der Waals surface area contributed by atoms with Crippen molar-refractivity contribution in [2.24, 2.45) is 5.92 Å². The van der Waals surface area contributed by atoms with E-state index in [1.54, 1.807) is 0 Å². The summed E-state index contributed by atoms with van der Waals surface area (Å²) in [7, 11) is 0. The van der Waals surface area contributed by atoms with Gasteiger partial charge < -0.3 is 4.74 Å². The highest BCUT2D eigenvalue weighted by Crippen LogP contribution is 2.42. The van der Waals surface area contributed by atoms with Gasteiger partial charge in [-0.3, -0.25) is 4.79 Å². The molecule has 0 aliphatic heterocycles. The van der Waals surface area contributed by atoms with Crippen LogP contribution in [0.15, 0.2) is 59.5 Å². The normalized spacial score (nSPS) is 13.5. The zero-order chi connectivity index (χ0) is 17.6. The van der Waals surface area contributed by atoms with Crippen molar-refractivity contribution in [3.63, 3.8) is 0 Å². The molecule has 2 aromatic carbocycles. The van der Waals surface area contributed by atoms with E-state index in [0.29, 0.717) is 12.5 Å². The van der Waals surface area contributed by atoms with E-state index in [1.165, 1.54) is 17.3 Å². The Hall–Kier alpha value is -1.74. The quantitative estimate of drug-likeness (QED) is 0.494. The van der Waals surface area contributed by atoms with Crippen LogP contribution < -0.4 is 0 Å². The van der Waals surface area contributed by atoms with Crippen molar-refractivity contribution >= 4 is 17.7 Å². The largest absolute Gasteiger partial charge is 0.465 e. The molecule has 0 saturated carbocycles. The zero-order valence-corrected chi connectivity index (χ0v) is 15.7. The summed E-state index contributed by atoms with van der Waals surface area (Å²) >= 11 is 1.54. The van der Waals surface area contributed by atoms with Crippen LogP contribution in [0.3, 0.4) is 0 Å². The van der Waals surface area contributed by atoms with Crippen LogP contribution in [0.25, 0.3) is 0 Å². The molecule has 2 nitrogen and oxygen atoms in total. The van der Waals surface area contributed by atoms with Gasteiger partial charge in [-0.1, -0.05) is 56.3 Å². The van der Waals surface area contributed by atoms with Crippen molar-refractivity contribution in [3.05, 3.63) is 65.7 Å². The fourth-order valence-corrected chi connectivity index (χ4v) is 3.80. The minimum atomic E-state index is -0.756. The Morgan fingerprint density at radius 1 is 1.08 bits per heavy atom. The summed E-state index contributed by atoms with van der Waals surface area (Å²) in [6, 6.07) is 18.4. The monoisotopic (exact) mass is 342 g/mol. The standard InChI is InChI=1S/C21H26O2S/c1-5-23-20(22)21(4,24-19-9-7-6-8-10-19)18-13-11-17(12-14-18)15-16(2)3/h6-14,16H,5,15H2,1-4H3. The van der Waals surface area contributed by atoms with Crippen LogP contribution in [-0.4, -0.2) is 12.6 Å². The molecule has 0 spiro atoms. The van der Waals surface area contributed by atoms with Gasteiger partial charge in [0.15, 0.2) is 0 Å². The molecule has 0 aliphatic rings. The van der Waals surface area contributed by atoms with Crippen LogP contribution in [0.5, 0.6) is 0 Å². The molecule has 0 saturated heterocycles. The number of rotatable bonds is 7. The van der Waals surface area contributed by atoms with Crippen LogP contribution >= 0.6 is 11.8 Å². The van der Waals surface area contributed by atoms with E-state index >= 15 is 0 Å². The van der Waals surface area contributed by atoms with E-state index in [0.717, 1.165) is 16.9 Å². The summed E-state index contributed by atoms with van der Waals surface area (Å²) in [5.41, 5.74) is 2.27. The van der Waals surface area contributed by atoms with Crippen LogP contribution in [0.1, 0.15) is 38.8 Å². The summed E-state index contributed by atoms with van der Waals surface area (Å²) in [6.45, 7) is 8.59. The molecule has 0 fully saturated rings. The molecule has 24 heavy (non-hydrogen) atoms. The van der Waals surface area contributed by atoms with E-state index < -0.39 is 4.75 Å². The van der Waals surface area contributed by atoms with Gasteiger partial charge in [-0.15, -0.1) is 11.8 Å². The number of thioether (sulfide) groups is 1. The highest BCUT2D eigenvalue weighted by atomic mass is 32.2. The number of esters is 1. The van der Waals surface area contributed by atoms with E-state index in [1.807, 2.05) is 44.2 Å². The lowest BCUT2D eigenvalue weighted by molar-refractivity contribution is -0.145. The zero-order valence-electron chi connectivity index (χ0n) is 14.9. The molecule has 0 heterocycles. The van der Waals surface area contributed by atoms with Crippen molar-refractivity contribution in [1.82, 2.24) is 0 Å². The average molecular weight is 343 g/mol. The Balaban J connectivity index is 2.33. The number of ether oxygens (including phenoxy) is 1. The topological polar surface area (TPSA) is 26.3 Å². The first-order valence-corrected chi connectivity index (χ1v) is 9.28. The molecule has 0 radical (unpaired) electrons. The molecule has 2 aromatic rings. The Labute approximate surface area is 149 Å². The Morgan fingerprint density at radius 2 is 1.71 bits per heavy atom. The molecule has 0 N–H and O–H groups in total. The fourth-order valence-electron chi connectivity index (χ4n) is 2.64. The Kier molecular flexibility index (Phi) is 6.50. The molecule has 1 atom stereocenters. The Morgan fingerprint density at radius 3 is 2.25 bits per heavy atom. The number of carbonyl (C=O) groups excluding carboxylic acids is 1. The number of benzene rings is 2. The summed E-state index contributed by atoms with van der Waals surface area (Å²) in [6.07, 6.45) is 1.04. The highest BCUT2D eigenvalue weighted by molar-refractivity contribution is 8.01. The van der Waals surface area contributed by atoms with E-state index in [2.05, 4.69) is 38.1 Å². The minimum absolute atomic E-state index is 0.199. The summed E-state index contributed by atoms with van der Waals surface area (Å²) in [5.74, 6) is 0.418. The predicted molar refractivity (Wildman–Crippen MR) is 101 cm³/mol. The number of hydrogen-bond donors (Lipinski definition) is 0. The van der Waals surface area contributed by atoms with Crippen LogP contribution in [0.4, 0.5) is 0 Å². The van der Waals surface area contributed by atoms with Gasteiger partial charge in [0.1, 0.15) is 4.75 Å². The lowest BCUT2D eigenvalue weighted by Crippen LogP contribution is -2.31. The maximum atomic E-state index is 12.7. The molecule has 128 valence electrons. The molecule has 0 aromatic heterocycles. The SMILES string of the molecule is CCOC(=O)C(C)(Sc1ccccc1)c1ccc(CC(C)C)cc1. The lowest BCUT2D eigenvalue weighted by Gasteiger charge is -2.27. The smallest absolute Gasteiger partial charge is 0.326 e. The second-order valence-corrected chi connectivity index (χ2v) is 7.96. The average Bonchev–Trinajstić information content (AvgIpc) is 2.56. The second kappa shape index (κ2) is 8.39. The van der Waals surface area contributed by atoms with Gasteiger partial charge in [-0.05, 0) is 49.4 Å². The van der Waals surface area contributed by atoms with Gasteiger partial charge in [-0.2, -0.15) is 0 Å². The third-order valence-electron chi connectivity index (χ3n) is 3.88. The van der Waals surface area contributed by atoms with Crippen LogP contribution in [0.2, 0.25) is 0 Å². The number of hydrogen-bond acceptors (Lipinski definition) is 3. The van der Waals surface area contributed by atoms with Crippen LogP contribution in [-0.2, 0) is 20.7 Å². The van der Waals surface area contributed by atoms with Crippen molar-refractivity contribution in [1.29, 1.82) is 0 Å². The number of carbonyl (C=O) groups is 1. The van der Waals surface area contributed by atoms with E-state index in [-0.39, 0.29) is 5.97 Å². The molecular weight excluding hydrogens is 316 g/mol. The van der Waals surface area contributed by atoms with Gasteiger partial charge in [0.25, 0.3) is 0 Å². The first kappa shape index (κ1) is 18.6. The molecule has 0 aliphatic carbocycles. The third kappa shape index (κ3) is 4.64. The van der Waals surface area contributed by atoms with Crippen molar-refractivity contribution < 1.29 is 9.53 Å². The van der Waals surface area contributed by atoms with E-state index in [4.69, 9.17) is 4.74 Å². The minimum Gasteiger partial charge on any atom is -0.465 e. The molecule has 0 amide bonds. The first-order chi connectivity index (χ1) is 11.5. The summed E-state index contributed by atoms with van der Waals surface area (Å²) < 4.78 is 4.61. The first-order valence-electron chi connectivity index (χ1n) is 8.46. The maximum Gasteiger partial charge on any atom is 0.326 e. The predicted octanol–water partition coefficient (Wildman–Crippen LogP) is 5.46. The Bertz CT molecular complexity index is 649. The van der Waals surface area contributed by atoms with Crippen molar-refractivity contribution in [3.8, 4) is 0 Å². The van der Waals surface area contributed by atoms with Gasteiger partial charge in [0, 0.05) is 4.90 Å². The highest BCUT2D eigenvalue weighted by Gasteiger charge is 2.38.